The maximum absolute atomic E-state index is 12.2. The van der Waals surface area contributed by atoms with Gasteiger partial charge in [-0.2, -0.15) is 0 Å². The molecular formula is C18H23N3O2S. The molecule has 2 N–H and O–H groups in total. The number of aryl methyl sites for hydroxylation is 1. The molecule has 0 saturated carbocycles. The molecule has 128 valence electrons. The van der Waals surface area contributed by atoms with Crippen molar-refractivity contribution in [2.75, 3.05) is 25.0 Å². The second-order valence-corrected chi connectivity index (χ2v) is 7.41. The monoisotopic (exact) mass is 345 g/mol. The van der Waals surface area contributed by atoms with E-state index in [1.165, 1.54) is 22.5 Å². The molecule has 1 aliphatic heterocycles. The van der Waals surface area contributed by atoms with Crippen molar-refractivity contribution in [2.45, 2.75) is 32.2 Å². The fourth-order valence-electron chi connectivity index (χ4n) is 3.12. The van der Waals surface area contributed by atoms with Crippen molar-refractivity contribution >= 4 is 22.4 Å². The molecule has 5 nitrogen and oxygen atoms in total. The molecule has 1 aliphatic rings. The van der Waals surface area contributed by atoms with Gasteiger partial charge in [0.15, 0.2) is 5.13 Å². The number of likely N-dealkylation sites (tertiary alicyclic amines) is 1. The van der Waals surface area contributed by atoms with Gasteiger partial charge in [-0.05, 0) is 31.9 Å². The van der Waals surface area contributed by atoms with Crippen molar-refractivity contribution in [1.29, 1.82) is 0 Å². The van der Waals surface area contributed by atoms with Crippen molar-refractivity contribution in [3.63, 3.8) is 0 Å². The van der Waals surface area contributed by atoms with E-state index in [0.717, 1.165) is 30.7 Å². The molecule has 2 aromatic rings. The first-order valence-electron chi connectivity index (χ1n) is 8.29. The van der Waals surface area contributed by atoms with Gasteiger partial charge in [-0.15, -0.1) is 11.3 Å². The molecule has 1 aromatic heterocycles. The normalized spacial score (nSPS) is 18.0. The second-order valence-electron chi connectivity index (χ2n) is 6.29. The molecule has 0 radical (unpaired) electrons. The summed E-state index contributed by atoms with van der Waals surface area (Å²) in [5, 5.41) is 12.8. The van der Waals surface area contributed by atoms with Crippen LogP contribution in [0.1, 0.15) is 28.8 Å². The van der Waals surface area contributed by atoms with Gasteiger partial charge in [0.1, 0.15) is 0 Å². The minimum absolute atomic E-state index is 0.0631. The Morgan fingerprint density at radius 1 is 1.50 bits per heavy atom. The summed E-state index contributed by atoms with van der Waals surface area (Å²) in [6.07, 6.45) is 4.65. The lowest BCUT2D eigenvalue weighted by Crippen LogP contribution is -2.38. The van der Waals surface area contributed by atoms with E-state index in [-0.39, 0.29) is 18.6 Å². The van der Waals surface area contributed by atoms with E-state index in [0.29, 0.717) is 11.7 Å². The Bertz CT molecular complexity index is 701. The van der Waals surface area contributed by atoms with Gasteiger partial charge < -0.3 is 10.4 Å². The van der Waals surface area contributed by atoms with Crippen molar-refractivity contribution in [2.24, 2.45) is 0 Å². The van der Waals surface area contributed by atoms with Crippen molar-refractivity contribution in [3.8, 4) is 0 Å². The molecule has 1 saturated heterocycles. The van der Waals surface area contributed by atoms with E-state index in [1.54, 1.807) is 0 Å². The first-order chi connectivity index (χ1) is 11.6. The Labute approximate surface area is 146 Å². The number of benzene rings is 1. The van der Waals surface area contributed by atoms with Crippen LogP contribution in [-0.4, -0.2) is 46.6 Å². The lowest BCUT2D eigenvalue weighted by Gasteiger charge is -2.21. The van der Waals surface area contributed by atoms with E-state index in [9.17, 15) is 9.90 Å². The number of hydrogen-bond donors (Lipinski definition) is 2. The van der Waals surface area contributed by atoms with Crippen LogP contribution in [0.2, 0.25) is 0 Å². The Morgan fingerprint density at radius 2 is 2.38 bits per heavy atom. The van der Waals surface area contributed by atoms with Gasteiger partial charge in [-0.25, -0.2) is 4.98 Å². The van der Waals surface area contributed by atoms with Crippen LogP contribution in [0.25, 0.3) is 0 Å². The first-order valence-corrected chi connectivity index (χ1v) is 9.10. The number of amides is 1. The number of aromatic nitrogens is 1. The number of thiazole rings is 1. The summed E-state index contributed by atoms with van der Waals surface area (Å²) >= 11 is 1.52. The summed E-state index contributed by atoms with van der Waals surface area (Å²) < 4.78 is 0. The molecule has 0 unspecified atom stereocenters. The maximum atomic E-state index is 12.2. The van der Waals surface area contributed by atoms with Crippen LogP contribution in [0.4, 0.5) is 5.13 Å². The predicted molar refractivity (Wildman–Crippen MR) is 96.4 cm³/mol. The quantitative estimate of drug-likeness (QED) is 0.844. The third-order valence-corrected chi connectivity index (χ3v) is 5.23. The highest BCUT2D eigenvalue weighted by Gasteiger charge is 2.25. The SMILES string of the molecule is Cc1cccc(Cc2cnc(NC(=O)CN3CCC[C@@H]3CO)s2)c1. The molecule has 6 heteroatoms. The lowest BCUT2D eigenvalue weighted by molar-refractivity contribution is -0.117. The highest BCUT2D eigenvalue weighted by molar-refractivity contribution is 7.15. The summed E-state index contributed by atoms with van der Waals surface area (Å²) in [6.45, 7) is 3.39. The summed E-state index contributed by atoms with van der Waals surface area (Å²) in [7, 11) is 0. The van der Waals surface area contributed by atoms with Crippen LogP contribution in [-0.2, 0) is 11.2 Å². The van der Waals surface area contributed by atoms with Crippen LogP contribution in [0, 0.1) is 6.92 Å². The number of carbonyl (C=O) groups excluding carboxylic acids is 1. The summed E-state index contributed by atoms with van der Waals surface area (Å²) in [5.41, 5.74) is 2.49. The van der Waals surface area contributed by atoms with Gasteiger partial charge in [0, 0.05) is 23.5 Å². The van der Waals surface area contributed by atoms with Crippen molar-refractivity contribution in [3.05, 3.63) is 46.5 Å². The molecular weight excluding hydrogens is 322 g/mol. The summed E-state index contributed by atoms with van der Waals surface area (Å²) in [5.74, 6) is -0.0631. The zero-order valence-corrected chi connectivity index (χ0v) is 14.7. The largest absolute Gasteiger partial charge is 0.395 e. The van der Waals surface area contributed by atoms with Gasteiger partial charge in [-0.3, -0.25) is 9.69 Å². The molecule has 1 amide bonds. The smallest absolute Gasteiger partial charge is 0.240 e. The average Bonchev–Trinajstić information content (AvgIpc) is 3.16. The van der Waals surface area contributed by atoms with Crippen molar-refractivity contribution in [1.82, 2.24) is 9.88 Å². The molecule has 2 heterocycles. The zero-order valence-electron chi connectivity index (χ0n) is 13.9. The fraction of sp³-hybridized carbons (Fsp3) is 0.444. The van der Waals surface area contributed by atoms with Crippen LogP contribution in [0.15, 0.2) is 30.5 Å². The third kappa shape index (κ3) is 4.41. The Hall–Kier alpha value is -1.76. The molecule has 0 bridgehead atoms. The topological polar surface area (TPSA) is 65.5 Å². The predicted octanol–water partition coefficient (Wildman–Crippen LogP) is 2.44. The number of rotatable bonds is 6. The summed E-state index contributed by atoms with van der Waals surface area (Å²) in [4.78, 5) is 19.6. The summed E-state index contributed by atoms with van der Waals surface area (Å²) in [6, 6.07) is 8.53. The molecule has 3 rings (SSSR count). The van der Waals surface area contributed by atoms with Gasteiger partial charge >= 0.3 is 0 Å². The van der Waals surface area contributed by atoms with E-state index < -0.39 is 0 Å². The van der Waals surface area contributed by atoms with E-state index in [1.807, 2.05) is 11.1 Å². The zero-order chi connectivity index (χ0) is 16.9. The van der Waals surface area contributed by atoms with E-state index >= 15 is 0 Å². The van der Waals surface area contributed by atoms with Crippen molar-refractivity contribution < 1.29 is 9.90 Å². The Kier molecular flexibility index (Phi) is 5.60. The number of nitrogens with one attached hydrogen (secondary N) is 1. The maximum Gasteiger partial charge on any atom is 0.240 e. The van der Waals surface area contributed by atoms with Gasteiger partial charge in [-0.1, -0.05) is 29.8 Å². The molecule has 0 aliphatic carbocycles. The van der Waals surface area contributed by atoms with Crippen LogP contribution < -0.4 is 5.32 Å². The van der Waals surface area contributed by atoms with Crippen LogP contribution in [0.3, 0.4) is 0 Å². The molecule has 24 heavy (non-hydrogen) atoms. The first kappa shape index (κ1) is 17.1. The van der Waals surface area contributed by atoms with Gasteiger partial charge in [0.25, 0.3) is 0 Å². The number of hydrogen-bond acceptors (Lipinski definition) is 5. The number of carbonyl (C=O) groups is 1. The van der Waals surface area contributed by atoms with Crippen LogP contribution in [0.5, 0.6) is 0 Å². The second kappa shape index (κ2) is 7.88. The fourth-order valence-corrected chi connectivity index (χ4v) is 3.99. The number of anilines is 1. The number of aliphatic hydroxyl groups excluding tert-OH is 1. The van der Waals surface area contributed by atoms with Crippen LogP contribution >= 0.6 is 11.3 Å². The molecule has 1 fully saturated rings. The molecule has 1 aromatic carbocycles. The minimum Gasteiger partial charge on any atom is -0.395 e. The Morgan fingerprint density at radius 3 is 3.17 bits per heavy atom. The number of aliphatic hydroxyl groups is 1. The molecule has 1 atom stereocenters. The van der Waals surface area contributed by atoms with E-state index in [2.05, 4.69) is 41.5 Å². The lowest BCUT2D eigenvalue weighted by atomic mass is 10.1. The number of nitrogens with zero attached hydrogens (tertiary/aromatic N) is 2. The average molecular weight is 345 g/mol. The van der Waals surface area contributed by atoms with E-state index in [4.69, 9.17) is 0 Å². The molecule has 0 spiro atoms. The highest BCUT2D eigenvalue weighted by Crippen LogP contribution is 2.22. The van der Waals surface area contributed by atoms with Gasteiger partial charge in [0.2, 0.25) is 5.91 Å². The minimum atomic E-state index is -0.0631. The third-order valence-electron chi connectivity index (χ3n) is 4.32. The Balaban J connectivity index is 1.54. The van der Waals surface area contributed by atoms with Gasteiger partial charge in [0.05, 0.1) is 13.2 Å². The highest BCUT2D eigenvalue weighted by atomic mass is 32.1. The standard InChI is InChI=1S/C18H23N3O2S/c1-13-4-2-5-14(8-13)9-16-10-19-18(24-16)20-17(23)11-21-7-3-6-15(21)12-22/h2,4-5,8,10,15,22H,3,6-7,9,11-12H2,1H3,(H,19,20,23)/t15-/m1/s1.